The average Bonchev–Trinajstić information content (AvgIpc) is 2.84. The maximum absolute atomic E-state index is 14.1. The molecule has 1 aliphatic rings. The second-order valence-electron chi connectivity index (χ2n) is 5.14. The third-order valence-corrected chi connectivity index (χ3v) is 5.35. The summed E-state index contributed by atoms with van der Waals surface area (Å²) in [4.78, 5) is 0. The number of rotatable bonds is 3. The molecule has 3 unspecified atom stereocenters. The number of nitrogens with two attached hydrogens (primary N) is 1. The zero-order valence-electron chi connectivity index (χ0n) is 10.4. The van der Waals surface area contributed by atoms with E-state index in [1.807, 2.05) is 0 Å². The molecule has 2 rings (SSSR count). The van der Waals surface area contributed by atoms with Gasteiger partial charge < -0.3 is 5.73 Å². The second-order valence-corrected chi connectivity index (χ2v) is 6.37. The highest BCUT2D eigenvalue weighted by Gasteiger charge is 2.30. The Morgan fingerprint density at radius 3 is 2.83 bits per heavy atom. The topological polar surface area (TPSA) is 26.0 Å². The minimum atomic E-state index is -0.376. The fourth-order valence-electron chi connectivity index (χ4n) is 2.86. The fourth-order valence-corrected chi connectivity index (χ4v) is 3.34. The Morgan fingerprint density at radius 1 is 1.50 bits per heavy atom. The van der Waals surface area contributed by atoms with E-state index >= 15 is 0 Å². The molecule has 0 spiro atoms. The van der Waals surface area contributed by atoms with Gasteiger partial charge in [0, 0.05) is 16.1 Å². The summed E-state index contributed by atoms with van der Waals surface area (Å²) in [5, 5.41) is 0.132. The number of halogens is 3. The van der Waals surface area contributed by atoms with Gasteiger partial charge in [-0.2, -0.15) is 0 Å². The third-order valence-electron chi connectivity index (χ3n) is 4.09. The van der Waals surface area contributed by atoms with Crippen LogP contribution in [0.4, 0.5) is 4.39 Å². The van der Waals surface area contributed by atoms with Gasteiger partial charge in [0.15, 0.2) is 0 Å². The van der Waals surface area contributed by atoms with Gasteiger partial charge in [0.05, 0.1) is 5.02 Å². The van der Waals surface area contributed by atoms with Gasteiger partial charge in [0.25, 0.3) is 0 Å². The smallest absolute Gasteiger partial charge is 0.147 e. The molecule has 1 nitrogen and oxygen atoms in total. The standard InChI is InChI=1S/C14H18BrClFN/c1-2-8-3-4-9(7-8)14(18)10-5-6-11(15)12(16)13(10)17/h5-6,8-9,14H,2-4,7,18H2,1H3. The monoisotopic (exact) mass is 333 g/mol. The van der Waals surface area contributed by atoms with E-state index in [9.17, 15) is 4.39 Å². The summed E-state index contributed by atoms with van der Waals surface area (Å²) in [5.74, 6) is 0.746. The first kappa shape index (κ1) is 14.3. The number of hydrogen-bond acceptors (Lipinski definition) is 1. The van der Waals surface area contributed by atoms with Gasteiger partial charge >= 0.3 is 0 Å². The van der Waals surface area contributed by atoms with Crippen LogP contribution in [-0.4, -0.2) is 0 Å². The zero-order valence-corrected chi connectivity index (χ0v) is 12.8. The molecule has 0 amide bonds. The van der Waals surface area contributed by atoms with Gasteiger partial charge in [-0.15, -0.1) is 0 Å². The molecule has 1 aliphatic carbocycles. The van der Waals surface area contributed by atoms with Gasteiger partial charge in [0.1, 0.15) is 5.82 Å². The highest BCUT2D eigenvalue weighted by molar-refractivity contribution is 9.10. The molecule has 0 saturated heterocycles. The summed E-state index contributed by atoms with van der Waals surface area (Å²) in [6, 6.07) is 3.27. The van der Waals surface area contributed by atoms with Crippen molar-refractivity contribution in [1.82, 2.24) is 0 Å². The molecule has 0 bridgehead atoms. The van der Waals surface area contributed by atoms with E-state index in [2.05, 4.69) is 22.9 Å². The predicted octanol–water partition coefficient (Wildman–Crippen LogP) is 5.07. The van der Waals surface area contributed by atoms with Crippen LogP contribution in [0.1, 0.15) is 44.2 Å². The van der Waals surface area contributed by atoms with Crippen LogP contribution in [0.5, 0.6) is 0 Å². The Labute approximate surface area is 121 Å². The van der Waals surface area contributed by atoms with Crippen molar-refractivity contribution in [3.63, 3.8) is 0 Å². The van der Waals surface area contributed by atoms with Crippen LogP contribution < -0.4 is 5.73 Å². The molecule has 18 heavy (non-hydrogen) atoms. The molecule has 0 aromatic heterocycles. The molecule has 1 saturated carbocycles. The van der Waals surface area contributed by atoms with Crippen molar-refractivity contribution in [3.05, 3.63) is 33.0 Å². The minimum Gasteiger partial charge on any atom is -0.324 e. The van der Waals surface area contributed by atoms with E-state index in [0.717, 1.165) is 18.8 Å². The van der Waals surface area contributed by atoms with Gasteiger partial charge in [-0.3, -0.25) is 0 Å². The minimum absolute atomic E-state index is 0.132. The van der Waals surface area contributed by atoms with E-state index in [1.165, 1.54) is 12.8 Å². The summed E-state index contributed by atoms with van der Waals surface area (Å²) in [6.45, 7) is 2.20. The molecule has 0 radical (unpaired) electrons. The lowest BCUT2D eigenvalue weighted by Crippen LogP contribution is -2.21. The first-order valence-corrected chi connectivity index (χ1v) is 7.60. The van der Waals surface area contributed by atoms with Crippen molar-refractivity contribution in [2.45, 2.75) is 38.6 Å². The average molecular weight is 335 g/mol. The van der Waals surface area contributed by atoms with Crippen LogP contribution >= 0.6 is 27.5 Å². The highest BCUT2D eigenvalue weighted by atomic mass is 79.9. The highest BCUT2D eigenvalue weighted by Crippen LogP contribution is 2.41. The van der Waals surface area contributed by atoms with Crippen LogP contribution in [0.15, 0.2) is 16.6 Å². The third kappa shape index (κ3) is 2.73. The summed E-state index contributed by atoms with van der Waals surface area (Å²) in [5.41, 5.74) is 6.77. The summed E-state index contributed by atoms with van der Waals surface area (Å²) < 4.78 is 14.7. The Balaban J connectivity index is 2.19. The molecule has 1 fully saturated rings. The van der Waals surface area contributed by atoms with Crippen LogP contribution in [0, 0.1) is 17.7 Å². The fraction of sp³-hybridized carbons (Fsp3) is 0.571. The lowest BCUT2D eigenvalue weighted by molar-refractivity contribution is 0.405. The van der Waals surface area contributed by atoms with Gasteiger partial charge in [0.2, 0.25) is 0 Å². The van der Waals surface area contributed by atoms with Crippen LogP contribution in [-0.2, 0) is 0 Å². The Hall–Kier alpha value is -0.120. The summed E-state index contributed by atoms with van der Waals surface area (Å²) in [7, 11) is 0. The number of hydrogen-bond donors (Lipinski definition) is 1. The van der Waals surface area contributed by atoms with E-state index in [-0.39, 0.29) is 16.9 Å². The molecule has 3 atom stereocenters. The largest absolute Gasteiger partial charge is 0.324 e. The van der Waals surface area contributed by atoms with Crippen molar-refractivity contribution in [3.8, 4) is 0 Å². The van der Waals surface area contributed by atoms with Gasteiger partial charge in [-0.05, 0) is 46.7 Å². The van der Waals surface area contributed by atoms with Gasteiger partial charge in [-0.1, -0.05) is 37.4 Å². The Kier molecular flexibility index (Phi) is 4.68. The SMILES string of the molecule is CCC1CCC(C(N)c2ccc(Br)c(Cl)c2F)C1. The second kappa shape index (κ2) is 5.89. The first-order valence-electron chi connectivity index (χ1n) is 6.43. The van der Waals surface area contributed by atoms with Crippen molar-refractivity contribution in [2.75, 3.05) is 0 Å². The number of benzene rings is 1. The van der Waals surface area contributed by atoms with Crippen LogP contribution in [0.3, 0.4) is 0 Å². The molecule has 1 aromatic rings. The van der Waals surface area contributed by atoms with Gasteiger partial charge in [-0.25, -0.2) is 4.39 Å². The molecular weight excluding hydrogens is 317 g/mol. The van der Waals surface area contributed by atoms with E-state index in [0.29, 0.717) is 16.0 Å². The molecular formula is C14H18BrClFN. The van der Waals surface area contributed by atoms with Crippen molar-refractivity contribution < 1.29 is 4.39 Å². The Bertz CT molecular complexity index is 438. The maximum Gasteiger partial charge on any atom is 0.147 e. The van der Waals surface area contributed by atoms with Crippen LogP contribution in [0.2, 0.25) is 5.02 Å². The predicted molar refractivity (Wildman–Crippen MR) is 77.2 cm³/mol. The van der Waals surface area contributed by atoms with Crippen molar-refractivity contribution in [1.29, 1.82) is 0 Å². The zero-order chi connectivity index (χ0) is 13.3. The van der Waals surface area contributed by atoms with Crippen molar-refractivity contribution in [2.24, 2.45) is 17.6 Å². The quantitative estimate of drug-likeness (QED) is 0.767. The first-order chi connectivity index (χ1) is 8.54. The van der Waals surface area contributed by atoms with Crippen molar-refractivity contribution >= 4 is 27.5 Å². The lowest BCUT2D eigenvalue weighted by Gasteiger charge is -2.21. The molecule has 2 N–H and O–H groups in total. The molecule has 4 heteroatoms. The Morgan fingerprint density at radius 2 is 2.22 bits per heavy atom. The summed E-state index contributed by atoms with van der Waals surface area (Å²) in [6.07, 6.45) is 4.59. The van der Waals surface area contributed by atoms with E-state index in [1.54, 1.807) is 12.1 Å². The van der Waals surface area contributed by atoms with E-state index in [4.69, 9.17) is 17.3 Å². The van der Waals surface area contributed by atoms with Crippen LogP contribution in [0.25, 0.3) is 0 Å². The maximum atomic E-state index is 14.1. The van der Waals surface area contributed by atoms with E-state index < -0.39 is 0 Å². The molecule has 100 valence electrons. The molecule has 0 heterocycles. The molecule has 0 aliphatic heterocycles. The molecule has 1 aromatic carbocycles. The normalized spacial score (nSPS) is 25.4. The lowest BCUT2D eigenvalue weighted by atomic mass is 9.91. The summed E-state index contributed by atoms with van der Waals surface area (Å²) >= 11 is 9.13.